The van der Waals surface area contributed by atoms with Crippen molar-refractivity contribution in [2.75, 3.05) is 6.61 Å². The number of benzene rings is 3. The summed E-state index contributed by atoms with van der Waals surface area (Å²) < 4.78 is 11.2. The fourth-order valence-corrected chi connectivity index (χ4v) is 2.87. The van der Waals surface area contributed by atoms with E-state index in [-0.39, 0.29) is 6.61 Å². The molecule has 1 atom stereocenters. The maximum Gasteiger partial charge on any atom is 0.279 e. The molecule has 0 spiro atoms. The molecule has 2 amide bonds. The van der Waals surface area contributed by atoms with Crippen molar-refractivity contribution in [2.45, 2.75) is 26.9 Å². The zero-order valence-corrected chi connectivity index (χ0v) is 16.7. The molecule has 0 heterocycles. The second-order valence-electron chi connectivity index (χ2n) is 6.86. The van der Waals surface area contributed by atoms with Crippen molar-refractivity contribution < 1.29 is 19.1 Å². The minimum Gasteiger partial charge on any atom is -0.483 e. The van der Waals surface area contributed by atoms with Crippen LogP contribution in [-0.4, -0.2) is 24.5 Å². The van der Waals surface area contributed by atoms with E-state index in [2.05, 4.69) is 10.9 Å². The van der Waals surface area contributed by atoms with Crippen LogP contribution in [0, 0.1) is 13.8 Å². The Morgan fingerprint density at radius 1 is 0.931 bits per heavy atom. The van der Waals surface area contributed by atoms with Gasteiger partial charge in [0.05, 0.1) is 0 Å². The first-order valence-corrected chi connectivity index (χ1v) is 9.36. The summed E-state index contributed by atoms with van der Waals surface area (Å²) in [4.78, 5) is 24.1. The first-order chi connectivity index (χ1) is 13.9. The number of hydrogen-bond donors (Lipinski definition) is 2. The molecule has 0 saturated carbocycles. The van der Waals surface area contributed by atoms with Gasteiger partial charge in [-0.2, -0.15) is 0 Å². The summed E-state index contributed by atoms with van der Waals surface area (Å²) in [5.74, 6) is 0.287. The Bertz CT molecular complexity index is 1030. The predicted molar refractivity (Wildman–Crippen MR) is 112 cm³/mol. The number of aryl methyl sites for hydroxylation is 2. The Labute approximate surface area is 169 Å². The van der Waals surface area contributed by atoms with Gasteiger partial charge in [-0.3, -0.25) is 20.4 Å². The van der Waals surface area contributed by atoms with Crippen LogP contribution in [0.1, 0.15) is 18.1 Å². The minimum absolute atomic E-state index is 0.204. The fourth-order valence-electron chi connectivity index (χ4n) is 2.87. The summed E-state index contributed by atoms with van der Waals surface area (Å²) in [5.41, 5.74) is 6.75. The Kier molecular flexibility index (Phi) is 6.34. The summed E-state index contributed by atoms with van der Waals surface area (Å²) >= 11 is 0. The lowest BCUT2D eigenvalue weighted by molar-refractivity contribution is -0.133. The lowest BCUT2D eigenvalue weighted by Gasteiger charge is -2.16. The SMILES string of the molecule is Cc1ccc(OCC(=O)NNC(=O)[C@H](C)Oc2ccc3ccccc3c2)c(C)c1. The van der Waals surface area contributed by atoms with E-state index in [1.54, 1.807) is 6.92 Å². The number of hydrogen-bond acceptors (Lipinski definition) is 4. The minimum atomic E-state index is -0.781. The van der Waals surface area contributed by atoms with Gasteiger partial charge in [0.1, 0.15) is 11.5 Å². The summed E-state index contributed by atoms with van der Waals surface area (Å²) in [6.07, 6.45) is -0.781. The maximum absolute atomic E-state index is 12.2. The molecular weight excluding hydrogens is 368 g/mol. The molecule has 3 rings (SSSR count). The van der Waals surface area contributed by atoms with Crippen molar-refractivity contribution in [1.82, 2.24) is 10.9 Å². The van der Waals surface area contributed by atoms with Crippen molar-refractivity contribution >= 4 is 22.6 Å². The summed E-state index contributed by atoms with van der Waals surface area (Å²) in [6, 6.07) is 19.2. The van der Waals surface area contributed by atoms with Crippen LogP contribution < -0.4 is 20.3 Å². The number of carbonyl (C=O) groups excluding carboxylic acids is 2. The van der Waals surface area contributed by atoms with Crippen LogP contribution in [0.2, 0.25) is 0 Å². The van der Waals surface area contributed by atoms with Crippen LogP contribution in [-0.2, 0) is 9.59 Å². The molecule has 0 bridgehead atoms. The van der Waals surface area contributed by atoms with E-state index in [0.717, 1.165) is 21.9 Å². The van der Waals surface area contributed by atoms with Crippen molar-refractivity contribution in [2.24, 2.45) is 0 Å². The second-order valence-corrected chi connectivity index (χ2v) is 6.86. The first kappa shape index (κ1) is 20.2. The highest BCUT2D eigenvalue weighted by Gasteiger charge is 2.16. The number of ether oxygens (including phenoxy) is 2. The van der Waals surface area contributed by atoms with Gasteiger partial charge in [-0.1, -0.05) is 48.0 Å². The van der Waals surface area contributed by atoms with Crippen molar-refractivity contribution in [1.29, 1.82) is 0 Å². The molecule has 2 N–H and O–H groups in total. The molecular formula is C23H24N2O4. The molecule has 0 radical (unpaired) electrons. The Morgan fingerprint density at radius 3 is 2.45 bits per heavy atom. The highest BCUT2D eigenvalue weighted by molar-refractivity contribution is 5.86. The normalized spacial score (nSPS) is 11.6. The molecule has 0 aliphatic carbocycles. The van der Waals surface area contributed by atoms with Gasteiger partial charge in [0, 0.05) is 0 Å². The molecule has 3 aromatic carbocycles. The lowest BCUT2D eigenvalue weighted by atomic mass is 10.1. The topological polar surface area (TPSA) is 76.7 Å². The number of carbonyl (C=O) groups is 2. The Hall–Kier alpha value is -3.54. The molecule has 0 unspecified atom stereocenters. The van der Waals surface area contributed by atoms with Gasteiger partial charge in [-0.25, -0.2) is 0 Å². The molecule has 3 aromatic rings. The molecule has 29 heavy (non-hydrogen) atoms. The van der Waals surface area contributed by atoms with Crippen molar-refractivity contribution in [3.05, 3.63) is 71.8 Å². The van der Waals surface area contributed by atoms with E-state index in [4.69, 9.17) is 9.47 Å². The molecule has 0 saturated heterocycles. The second kappa shape index (κ2) is 9.10. The van der Waals surface area contributed by atoms with E-state index >= 15 is 0 Å². The molecule has 0 aliphatic rings. The van der Waals surface area contributed by atoms with Gasteiger partial charge < -0.3 is 9.47 Å². The van der Waals surface area contributed by atoms with E-state index in [0.29, 0.717) is 11.5 Å². The van der Waals surface area contributed by atoms with Gasteiger partial charge in [0.15, 0.2) is 12.7 Å². The molecule has 0 aromatic heterocycles. The quantitative estimate of drug-likeness (QED) is 0.630. The number of amides is 2. The number of hydrazine groups is 1. The summed E-state index contributed by atoms with van der Waals surface area (Å²) in [6.45, 7) is 5.31. The van der Waals surface area contributed by atoms with Crippen LogP contribution in [0.5, 0.6) is 11.5 Å². The molecule has 0 fully saturated rings. The third-order valence-electron chi connectivity index (χ3n) is 4.42. The van der Waals surface area contributed by atoms with Crippen LogP contribution >= 0.6 is 0 Å². The average Bonchev–Trinajstić information content (AvgIpc) is 2.71. The van der Waals surface area contributed by atoms with Gasteiger partial charge in [-0.15, -0.1) is 0 Å². The molecule has 6 nitrogen and oxygen atoms in total. The van der Waals surface area contributed by atoms with E-state index < -0.39 is 17.9 Å². The van der Waals surface area contributed by atoms with Crippen molar-refractivity contribution in [3.63, 3.8) is 0 Å². The van der Waals surface area contributed by atoms with Gasteiger partial charge >= 0.3 is 0 Å². The van der Waals surface area contributed by atoms with Crippen LogP contribution in [0.15, 0.2) is 60.7 Å². The largest absolute Gasteiger partial charge is 0.483 e. The summed E-state index contributed by atoms with van der Waals surface area (Å²) in [7, 11) is 0. The third kappa shape index (κ3) is 5.48. The monoisotopic (exact) mass is 392 g/mol. The zero-order valence-electron chi connectivity index (χ0n) is 16.7. The smallest absolute Gasteiger partial charge is 0.279 e. The highest BCUT2D eigenvalue weighted by Crippen LogP contribution is 2.21. The van der Waals surface area contributed by atoms with E-state index in [1.165, 1.54) is 0 Å². The summed E-state index contributed by atoms with van der Waals surface area (Å²) in [5, 5.41) is 2.11. The number of fused-ring (bicyclic) bond motifs is 1. The average molecular weight is 392 g/mol. The molecule has 0 aliphatic heterocycles. The van der Waals surface area contributed by atoms with E-state index in [1.807, 2.05) is 74.5 Å². The predicted octanol–water partition coefficient (Wildman–Crippen LogP) is 3.45. The van der Waals surface area contributed by atoms with Gasteiger partial charge in [0.2, 0.25) is 0 Å². The highest BCUT2D eigenvalue weighted by atomic mass is 16.5. The Morgan fingerprint density at radius 2 is 1.69 bits per heavy atom. The number of rotatable bonds is 6. The first-order valence-electron chi connectivity index (χ1n) is 9.36. The maximum atomic E-state index is 12.2. The van der Waals surface area contributed by atoms with Gasteiger partial charge in [0.25, 0.3) is 11.8 Å². The zero-order chi connectivity index (χ0) is 20.8. The van der Waals surface area contributed by atoms with Crippen LogP contribution in [0.3, 0.4) is 0 Å². The van der Waals surface area contributed by atoms with Crippen LogP contribution in [0.4, 0.5) is 0 Å². The number of nitrogens with one attached hydrogen (secondary N) is 2. The Balaban J connectivity index is 1.46. The van der Waals surface area contributed by atoms with E-state index in [9.17, 15) is 9.59 Å². The van der Waals surface area contributed by atoms with Crippen molar-refractivity contribution in [3.8, 4) is 11.5 Å². The molecule has 150 valence electrons. The van der Waals surface area contributed by atoms with Crippen LogP contribution in [0.25, 0.3) is 10.8 Å². The molecule has 6 heteroatoms. The standard InChI is InChI=1S/C23H24N2O4/c1-15-8-11-21(16(2)12-15)28-14-22(26)24-25-23(27)17(3)29-20-10-9-18-6-4-5-7-19(18)13-20/h4-13,17H,14H2,1-3H3,(H,24,26)(H,25,27)/t17-/m0/s1. The van der Waals surface area contributed by atoms with Gasteiger partial charge in [-0.05, 0) is 55.3 Å². The lowest BCUT2D eigenvalue weighted by Crippen LogP contribution is -2.48. The third-order valence-corrected chi connectivity index (χ3v) is 4.42. The fraction of sp³-hybridized carbons (Fsp3) is 0.217.